The van der Waals surface area contributed by atoms with Gasteiger partial charge in [-0.2, -0.15) is 0 Å². The van der Waals surface area contributed by atoms with Gasteiger partial charge in [-0.25, -0.2) is 8.78 Å². The molecule has 2 aromatic rings. The fraction of sp³-hybridized carbons (Fsp3) is 0.294. The number of nitrogens with zero attached hydrogens (tertiary/aromatic N) is 1. The minimum atomic E-state index is -0.555. The van der Waals surface area contributed by atoms with E-state index in [1.807, 2.05) is 25.1 Å². The highest BCUT2D eigenvalue weighted by Crippen LogP contribution is 2.20. The third-order valence-electron chi connectivity index (χ3n) is 3.38. The van der Waals surface area contributed by atoms with E-state index in [0.29, 0.717) is 18.7 Å². The molecule has 0 saturated carbocycles. The Morgan fingerprint density at radius 2 is 1.90 bits per heavy atom. The lowest BCUT2D eigenvalue weighted by Crippen LogP contribution is -2.26. The molecule has 0 aliphatic rings. The second kappa shape index (κ2) is 7.18. The van der Waals surface area contributed by atoms with E-state index >= 15 is 0 Å². The number of hydrogen-bond donors (Lipinski definition) is 1. The second-order valence-electron chi connectivity index (χ2n) is 5.14. The SMILES string of the molecule is Cc1cccc(N(CCCN)Cc2ccc(F)cc2F)c1. The van der Waals surface area contributed by atoms with Gasteiger partial charge in [-0.05, 0) is 43.7 Å². The van der Waals surface area contributed by atoms with Crippen LogP contribution in [0.25, 0.3) is 0 Å². The predicted molar refractivity (Wildman–Crippen MR) is 82.3 cm³/mol. The fourth-order valence-corrected chi connectivity index (χ4v) is 2.26. The smallest absolute Gasteiger partial charge is 0.131 e. The van der Waals surface area contributed by atoms with Crippen LogP contribution in [-0.4, -0.2) is 13.1 Å². The van der Waals surface area contributed by atoms with Crippen LogP contribution in [0.5, 0.6) is 0 Å². The molecule has 112 valence electrons. The van der Waals surface area contributed by atoms with Gasteiger partial charge in [-0.15, -0.1) is 0 Å². The highest BCUT2D eigenvalue weighted by molar-refractivity contribution is 5.49. The summed E-state index contributed by atoms with van der Waals surface area (Å²) < 4.78 is 26.8. The molecule has 2 nitrogen and oxygen atoms in total. The Hall–Kier alpha value is -1.94. The molecule has 2 rings (SSSR count). The van der Waals surface area contributed by atoms with Gasteiger partial charge in [-0.3, -0.25) is 0 Å². The lowest BCUT2D eigenvalue weighted by molar-refractivity contribution is 0.568. The van der Waals surface area contributed by atoms with E-state index in [9.17, 15) is 8.78 Å². The Labute approximate surface area is 124 Å². The van der Waals surface area contributed by atoms with E-state index in [2.05, 4.69) is 11.0 Å². The molecule has 0 bridgehead atoms. The second-order valence-corrected chi connectivity index (χ2v) is 5.14. The number of halogens is 2. The molecule has 0 spiro atoms. The summed E-state index contributed by atoms with van der Waals surface area (Å²) in [6, 6.07) is 11.7. The van der Waals surface area contributed by atoms with Gasteiger partial charge in [0.2, 0.25) is 0 Å². The number of hydrogen-bond acceptors (Lipinski definition) is 2. The van der Waals surface area contributed by atoms with Gasteiger partial charge in [0.05, 0.1) is 0 Å². The first-order chi connectivity index (χ1) is 10.1. The standard InChI is InChI=1S/C17H20F2N2/c1-13-4-2-5-16(10-13)21(9-3-8-20)12-14-6-7-15(18)11-17(14)19/h2,4-7,10-11H,3,8-9,12,20H2,1H3. The number of aryl methyl sites for hydroxylation is 1. The van der Waals surface area contributed by atoms with Crippen LogP contribution in [0, 0.1) is 18.6 Å². The zero-order valence-electron chi connectivity index (χ0n) is 12.2. The molecule has 0 saturated heterocycles. The van der Waals surface area contributed by atoms with E-state index in [0.717, 1.165) is 30.3 Å². The Kier molecular flexibility index (Phi) is 5.28. The van der Waals surface area contributed by atoms with Gasteiger partial charge in [-0.1, -0.05) is 18.2 Å². The number of nitrogens with two attached hydrogens (primary N) is 1. The Morgan fingerprint density at radius 1 is 1.10 bits per heavy atom. The molecule has 0 heterocycles. The molecule has 0 amide bonds. The van der Waals surface area contributed by atoms with Gasteiger partial charge in [0, 0.05) is 30.4 Å². The van der Waals surface area contributed by atoms with Crippen LogP contribution in [0.4, 0.5) is 14.5 Å². The van der Waals surface area contributed by atoms with E-state index in [4.69, 9.17) is 5.73 Å². The minimum Gasteiger partial charge on any atom is -0.367 e. The largest absolute Gasteiger partial charge is 0.367 e. The molecule has 0 unspecified atom stereocenters. The number of benzene rings is 2. The van der Waals surface area contributed by atoms with Crippen molar-refractivity contribution < 1.29 is 8.78 Å². The summed E-state index contributed by atoms with van der Waals surface area (Å²) in [4.78, 5) is 2.07. The fourth-order valence-electron chi connectivity index (χ4n) is 2.26. The van der Waals surface area contributed by atoms with Crippen LogP contribution in [0.15, 0.2) is 42.5 Å². The zero-order chi connectivity index (χ0) is 15.2. The average molecular weight is 290 g/mol. The van der Waals surface area contributed by atoms with Crippen molar-refractivity contribution in [3.63, 3.8) is 0 Å². The third kappa shape index (κ3) is 4.26. The molecule has 0 fully saturated rings. The van der Waals surface area contributed by atoms with Crippen molar-refractivity contribution in [1.29, 1.82) is 0 Å². The predicted octanol–water partition coefficient (Wildman–Crippen LogP) is 3.63. The van der Waals surface area contributed by atoms with E-state index in [1.54, 1.807) is 0 Å². The first kappa shape index (κ1) is 15.4. The topological polar surface area (TPSA) is 29.3 Å². The van der Waals surface area contributed by atoms with Crippen LogP contribution in [0.1, 0.15) is 17.5 Å². The molecule has 0 aliphatic heterocycles. The highest BCUT2D eigenvalue weighted by Gasteiger charge is 2.11. The number of anilines is 1. The van der Waals surface area contributed by atoms with Gasteiger partial charge in [0.25, 0.3) is 0 Å². The summed E-state index contributed by atoms with van der Waals surface area (Å²) in [5.74, 6) is -1.07. The van der Waals surface area contributed by atoms with Crippen LogP contribution < -0.4 is 10.6 Å². The molecule has 0 aliphatic carbocycles. The van der Waals surface area contributed by atoms with Crippen molar-refractivity contribution in [3.8, 4) is 0 Å². The quantitative estimate of drug-likeness (QED) is 0.880. The summed E-state index contributed by atoms with van der Waals surface area (Å²) in [6.07, 6.45) is 0.816. The summed E-state index contributed by atoms with van der Waals surface area (Å²) in [6.45, 7) is 3.73. The van der Waals surface area contributed by atoms with Crippen LogP contribution in [-0.2, 0) is 6.54 Å². The van der Waals surface area contributed by atoms with Crippen LogP contribution in [0.2, 0.25) is 0 Å². The van der Waals surface area contributed by atoms with Gasteiger partial charge < -0.3 is 10.6 Å². The van der Waals surface area contributed by atoms with Crippen molar-refractivity contribution in [3.05, 3.63) is 65.2 Å². The Balaban J connectivity index is 2.23. The minimum absolute atomic E-state index is 0.398. The maximum absolute atomic E-state index is 13.8. The van der Waals surface area contributed by atoms with Crippen molar-refractivity contribution in [1.82, 2.24) is 0 Å². The average Bonchev–Trinajstić information content (AvgIpc) is 2.45. The molecule has 2 N–H and O–H groups in total. The first-order valence-electron chi connectivity index (χ1n) is 7.06. The lowest BCUT2D eigenvalue weighted by Gasteiger charge is -2.25. The number of rotatable bonds is 6. The highest BCUT2D eigenvalue weighted by atomic mass is 19.1. The molecule has 2 aromatic carbocycles. The lowest BCUT2D eigenvalue weighted by atomic mass is 10.1. The third-order valence-corrected chi connectivity index (χ3v) is 3.38. The van der Waals surface area contributed by atoms with Crippen LogP contribution >= 0.6 is 0 Å². The van der Waals surface area contributed by atoms with E-state index < -0.39 is 11.6 Å². The van der Waals surface area contributed by atoms with Crippen molar-refractivity contribution in [2.45, 2.75) is 19.9 Å². The maximum Gasteiger partial charge on any atom is 0.131 e. The van der Waals surface area contributed by atoms with Gasteiger partial charge >= 0.3 is 0 Å². The first-order valence-corrected chi connectivity index (χ1v) is 7.06. The Bertz CT molecular complexity index is 599. The van der Waals surface area contributed by atoms with Crippen molar-refractivity contribution in [2.75, 3.05) is 18.0 Å². The molecule has 0 radical (unpaired) electrons. The van der Waals surface area contributed by atoms with Gasteiger partial charge in [0.1, 0.15) is 11.6 Å². The molecule has 4 heteroatoms. The van der Waals surface area contributed by atoms with Gasteiger partial charge in [0.15, 0.2) is 0 Å². The monoisotopic (exact) mass is 290 g/mol. The van der Waals surface area contributed by atoms with E-state index in [-0.39, 0.29) is 0 Å². The molecule has 21 heavy (non-hydrogen) atoms. The molecule has 0 atom stereocenters. The molecular formula is C17H20F2N2. The molecule has 0 aromatic heterocycles. The summed E-state index contributed by atoms with van der Waals surface area (Å²) >= 11 is 0. The van der Waals surface area contributed by atoms with Crippen LogP contribution in [0.3, 0.4) is 0 Å². The maximum atomic E-state index is 13.8. The van der Waals surface area contributed by atoms with Crippen molar-refractivity contribution >= 4 is 5.69 Å². The summed E-state index contributed by atoms with van der Waals surface area (Å²) in [7, 11) is 0. The molecular weight excluding hydrogens is 270 g/mol. The van der Waals surface area contributed by atoms with Crippen molar-refractivity contribution in [2.24, 2.45) is 5.73 Å². The summed E-state index contributed by atoms with van der Waals surface area (Å²) in [5.41, 5.74) is 8.22. The zero-order valence-corrected chi connectivity index (χ0v) is 12.2. The van der Waals surface area contributed by atoms with E-state index in [1.165, 1.54) is 12.1 Å². The normalized spacial score (nSPS) is 10.7. The summed E-state index contributed by atoms with van der Waals surface area (Å²) in [5, 5.41) is 0. The Morgan fingerprint density at radius 3 is 2.57 bits per heavy atom.